The molecule has 15 heteroatoms. The number of carbonyl (C=O) groups excluding carboxylic acids is 2. The number of hydroxylamine groups is 2. The Morgan fingerprint density at radius 3 is 2.56 bits per heavy atom. The Morgan fingerprint density at radius 2 is 1.80 bits per heavy atom. The van der Waals surface area contributed by atoms with Crippen LogP contribution >= 0.6 is 11.3 Å². The standard InChI is InChI=1S/C26H26F3N7O4S/c27-26(28,29)40-20-9-5-6-17(14-20)15-22(37)30-21-12-11-18(32-33-21)7-1-2-10-24-34-35-25(41-24)31-23(38)16-19-8-3-4-13-36(19)39/h3-6,8-9,11-12,14,39H,1-2,7,10,13,15-16H2,(H,30,33,37)(H,31,35,38). The first-order valence-corrected chi connectivity index (χ1v) is 13.4. The first-order valence-electron chi connectivity index (χ1n) is 12.5. The Balaban J connectivity index is 1.15. The predicted molar refractivity (Wildman–Crippen MR) is 143 cm³/mol. The first kappa shape index (κ1) is 29.6. The molecule has 0 unspecified atom stereocenters. The molecular weight excluding hydrogens is 563 g/mol. The summed E-state index contributed by atoms with van der Waals surface area (Å²) in [6.07, 6.45) is 3.20. The van der Waals surface area contributed by atoms with E-state index in [0.717, 1.165) is 40.7 Å². The normalized spacial score (nSPS) is 13.1. The fraction of sp³-hybridized carbons (Fsp3) is 0.308. The predicted octanol–water partition coefficient (Wildman–Crippen LogP) is 4.45. The molecule has 3 aromatic rings. The molecule has 11 nitrogen and oxygen atoms in total. The molecule has 0 saturated carbocycles. The largest absolute Gasteiger partial charge is 0.573 e. The van der Waals surface area contributed by atoms with Crippen molar-refractivity contribution in [3.8, 4) is 5.75 Å². The Bertz CT molecular complexity index is 1410. The van der Waals surface area contributed by atoms with Crippen molar-refractivity contribution in [3.05, 3.63) is 76.6 Å². The third-order valence-electron chi connectivity index (χ3n) is 5.65. The minimum absolute atomic E-state index is 0.0217. The number of ether oxygens (including phenoxy) is 1. The lowest BCUT2D eigenvalue weighted by atomic mass is 10.1. The zero-order valence-electron chi connectivity index (χ0n) is 21.6. The van der Waals surface area contributed by atoms with Gasteiger partial charge in [-0.2, -0.15) is 5.10 Å². The summed E-state index contributed by atoms with van der Waals surface area (Å²) in [5.41, 5.74) is 1.58. The summed E-state index contributed by atoms with van der Waals surface area (Å²) in [5.74, 6) is -0.919. The zero-order chi connectivity index (χ0) is 29.2. The van der Waals surface area contributed by atoms with E-state index in [2.05, 4.69) is 35.8 Å². The van der Waals surface area contributed by atoms with Crippen LogP contribution in [0.1, 0.15) is 35.5 Å². The Kier molecular flexibility index (Phi) is 9.97. The molecule has 0 radical (unpaired) electrons. The number of rotatable bonds is 12. The molecule has 0 bridgehead atoms. The Hall–Kier alpha value is -4.37. The summed E-state index contributed by atoms with van der Waals surface area (Å²) < 4.78 is 41.1. The van der Waals surface area contributed by atoms with Crippen molar-refractivity contribution >= 4 is 34.1 Å². The van der Waals surface area contributed by atoms with Crippen molar-refractivity contribution in [2.45, 2.75) is 44.9 Å². The van der Waals surface area contributed by atoms with Gasteiger partial charge in [0, 0.05) is 6.42 Å². The van der Waals surface area contributed by atoms with E-state index in [9.17, 15) is 28.0 Å². The molecule has 3 heterocycles. The summed E-state index contributed by atoms with van der Waals surface area (Å²) in [7, 11) is 0. The van der Waals surface area contributed by atoms with Crippen molar-refractivity contribution in [1.82, 2.24) is 25.5 Å². The highest BCUT2D eigenvalue weighted by Crippen LogP contribution is 2.24. The average molecular weight is 590 g/mol. The molecule has 41 heavy (non-hydrogen) atoms. The second-order valence-electron chi connectivity index (χ2n) is 8.93. The van der Waals surface area contributed by atoms with Crippen LogP contribution in [0.25, 0.3) is 0 Å². The van der Waals surface area contributed by atoms with Crippen molar-refractivity contribution in [3.63, 3.8) is 0 Å². The molecule has 216 valence electrons. The number of anilines is 2. The van der Waals surface area contributed by atoms with Crippen molar-refractivity contribution < 1.29 is 32.7 Å². The van der Waals surface area contributed by atoms with Crippen LogP contribution in [0.5, 0.6) is 5.75 Å². The number of amides is 2. The SMILES string of the molecule is O=C(Cc1cccc(OC(F)(F)F)c1)Nc1ccc(CCCCc2nnc(NC(=O)CC3=CC=CCN3O)s2)nn1. The number of alkyl halides is 3. The van der Waals surface area contributed by atoms with Gasteiger partial charge < -0.3 is 15.4 Å². The lowest BCUT2D eigenvalue weighted by Gasteiger charge is -2.20. The summed E-state index contributed by atoms with van der Waals surface area (Å²) >= 11 is 1.29. The lowest BCUT2D eigenvalue weighted by molar-refractivity contribution is -0.274. The van der Waals surface area contributed by atoms with Crippen LogP contribution in [0.2, 0.25) is 0 Å². The highest BCUT2D eigenvalue weighted by atomic mass is 32.1. The molecule has 1 aliphatic rings. The molecule has 2 aromatic heterocycles. The van der Waals surface area contributed by atoms with E-state index >= 15 is 0 Å². The Morgan fingerprint density at radius 1 is 1.00 bits per heavy atom. The number of nitrogens with one attached hydrogen (secondary N) is 2. The van der Waals surface area contributed by atoms with Crippen molar-refractivity contribution in [2.75, 3.05) is 17.2 Å². The van der Waals surface area contributed by atoms with Gasteiger partial charge in [0.05, 0.1) is 30.8 Å². The molecule has 0 aliphatic carbocycles. The van der Waals surface area contributed by atoms with Crippen LogP contribution in [-0.2, 0) is 28.9 Å². The first-order chi connectivity index (χ1) is 19.6. The molecule has 0 saturated heterocycles. The van der Waals surface area contributed by atoms with Crippen LogP contribution in [-0.4, -0.2) is 55.4 Å². The van der Waals surface area contributed by atoms with Gasteiger partial charge in [-0.25, -0.2) is 0 Å². The van der Waals surface area contributed by atoms with Gasteiger partial charge in [0.2, 0.25) is 16.9 Å². The molecule has 3 N–H and O–H groups in total. The van der Waals surface area contributed by atoms with E-state index < -0.39 is 18.0 Å². The van der Waals surface area contributed by atoms with E-state index in [0.29, 0.717) is 35.8 Å². The third-order valence-corrected chi connectivity index (χ3v) is 6.55. The van der Waals surface area contributed by atoms with E-state index in [1.165, 1.54) is 23.5 Å². The molecule has 0 atom stereocenters. The number of hydrogen-bond acceptors (Lipinski definition) is 10. The number of unbranched alkanes of at least 4 members (excludes halogenated alkanes) is 1. The van der Waals surface area contributed by atoms with E-state index in [1.54, 1.807) is 30.4 Å². The number of carbonyl (C=O) groups is 2. The van der Waals surface area contributed by atoms with E-state index in [1.807, 2.05) is 0 Å². The fourth-order valence-corrected chi connectivity index (χ4v) is 4.59. The zero-order valence-corrected chi connectivity index (χ0v) is 22.4. The van der Waals surface area contributed by atoms with Crippen molar-refractivity contribution in [1.29, 1.82) is 0 Å². The van der Waals surface area contributed by atoms with Gasteiger partial charge >= 0.3 is 6.36 Å². The number of halogens is 3. The van der Waals surface area contributed by atoms with E-state index in [-0.39, 0.29) is 24.6 Å². The average Bonchev–Trinajstić information content (AvgIpc) is 3.35. The number of aryl methyl sites for hydroxylation is 2. The van der Waals surface area contributed by atoms with Gasteiger partial charge in [-0.15, -0.1) is 28.5 Å². The Labute approximate surface area is 236 Å². The monoisotopic (exact) mass is 589 g/mol. The highest BCUT2D eigenvalue weighted by Gasteiger charge is 2.31. The fourth-order valence-electron chi connectivity index (χ4n) is 3.79. The van der Waals surface area contributed by atoms with Crippen LogP contribution < -0.4 is 15.4 Å². The number of benzene rings is 1. The minimum atomic E-state index is -4.81. The van der Waals surface area contributed by atoms with Crippen LogP contribution in [0.3, 0.4) is 0 Å². The molecular formula is C26H26F3N7O4S. The smallest absolute Gasteiger partial charge is 0.406 e. The topological polar surface area (TPSA) is 142 Å². The molecule has 1 aromatic carbocycles. The van der Waals surface area contributed by atoms with E-state index in [4.69, 9.17) is 0 Å². The van der Waals surface area contributed by atoms with Gasteiger partial charge in [-0.3, -0.25) is 19.9 Å². The number of allylic oxidation sites excluding steroid dienone is 2. The number of nitrogens with zero attached hydrogens (tertiary/aromatic N) is 5. The van der Waals surface area contributed by atoms with Gasteiger partial charge in [-0.1, -0.05) is 35.6 Å². The quantitative estimate of drug-likeness (QED) is 0.261. The minimum Gasteiger partial charge on any atom is -0.406 e. The summed E-state index contributed by atoms with van der Waals surface area (Å²) in [6.45, 7) is 0.333. The lowest BCUT2D eigenvalue weighted by Crippen LogP contribution is -2.24. The van der Waals surface area contributed by atoms with Crippen LogP contribution in [0.15, 0.2) is 60.3 Å². The summed E-state index contributed by atoms with van der Waals surface area (Å²) in [6, 6.07) is 8.56. The van der Waals surface area contributed by atoms with Gasteiger partial charge in [0.25, 0.3) is 0 Å². The number of aromatic nitrogens is 4. The molecule has 0 fully saturated rings. The highest BCUT2D eigenvalue weighted by molar-refractivity contribution is 7.15. The van der Waals surface area contributed by atoms with Crippen molar-refractivity contribution in [2.24, 2.45) is 0 Å². The third kappa shape index (κ3) is 9.95. The summed E-state index contributed by atoms with van der Waals surface area (Å²) in [5, 5.41) is 33.5. The maximum Gasteiger partial charge on any atom is 0.573 e. The van der Waals surface area contributed by atoms with Gasteiger partial charge in [0.1, 0.15) is 10.8 Å². The van der Waals surface area contributed by atoms with Gasteiger partial charge in [-0.05, 0) is 55.2 Å². The second kappa shape index (κ2) is 13.8. The molecule has 0 spiro atoms. The molecule has 2 amide bonds. The molecule has 4 rings (SSSR count). The molecule has 1 aliphatic heterocycles. The maximum absolute atomic E-state index is 12.4. The maximum atomic E-state index is 12.4. The van der Waals surface area contributed by atoms with Crippen LogP contribution in [0.4, 0.5) is 24.1 Å². The number of hydrogen-bond donors (Lipinski definition) is 3. The second-order valence-corrected chi connectivity index (χ2v) is 9.99. The van der Waals surface area contributed by atoms with Gasteiger partial charge in [0.15, 0.2) is 5.82 Å². The summed E-state index contributed by atoms with van der Waals surface area (Å²) in [4.78, 5) is 24.5. The van der Waals surface area contributed by atoms with Crippen LogP contribution in [0, 0.1) is 0 Å².